The smallest absolute Gasteiger partial charge is 0.325 e. The van der Waals surface area contributed by atoms with Crippen molar-refractivity contribution in [3.63, 3.8) is 0 Å². The van der Waals surface area contributed by atoms with E-state index in [4.69, 9.17) is 34.7 Å². The summed E-state index contributed by atoms with van der Waals surface area (Å²) in [6.45, 7) is 5.74. The second kappa shape index (κ2) is 9.46. The number of amides is 2. The van der Waals surface area contributed by atoms with Crippen molar-refractivity contribution in [2.45, 2.75) is 6.92 Å². The molecule has 0 bridgehead atoms. The van der Waals surface area contributed by atoms with Crippen LogP contribution < -0.4 is 16.4 Å². The highest BCUT2D eigenvalue weighted by atomic mass is 35.5. The Morgan fingerprint density at radius 2 is 1.71 bits per heavy atom. The summed E-state index contributed by atoms with van der Waals surface area (Å²) in [4.78, 5) is 13.0. The fourth-order valence-electron chi connectivity index (χ4n) is 2.66. The summed E-state index contributed by atoms with van der Waals surface area (Å²) in [5.74, 6) is -0.00830. The molecule has 0 aliphatic rings. The topological polar surface area (TPSA) is 92.6 Å². The number of nitrogens with two attached hydrogens (primary N) is 2. The van der Waals surface area contributed by atoms with Gasteiger partial charge in [-0.1, -0.05) is 66.2 Å². The van der Waals surface area contributed by atoms with Gasteiger partial charge in [-0.3, -0.25) is 0 Å². The lowest BCUT2D eigenvalue weighted by atomic mass is 9.96. The van der Waals surface area contributed by atoms with Crippen molar-refractivity contribution in [1.29, 1.82) is 0 Å². The van der Waals surface area contributed by atoms with E-state index in [9.17, 15) is 9.90 Å². The minimum Gasteiger partial charge on any atom is -0.392 e. The van der Waals surface area contributed by atoms with Gasteiger partial charge in [0.15, 0.2) is 0 Å². The predicted molar refractivity (Wildman–Crippen MR) is 116 cm³/mol. The normalized spacial score (nSPS) is 12.0. The van der Waals surface area contributed by atoms with Crippen molar-refractivity contribution >= 4 is 40.5 Å². The molecular formula is C21H21Cl2N3O2. The van der Waals surface area contributed by atoms with E-state index in [0.717, 1.165) is 16.0 Å². The van der Waals surface area contributed by atoms with Gasteiger partial charge in [-0.15, -0.1) is 0 Å². The number of aliphatic hydroxyl groups excluding tert-OH is 1. The number of rotatable bonds is 6. The molecule has 5 N–H and O–H groups in total. The van der Waals surface area contributed by atoms with Crippen molar-refractivity contribution in [2.24, 2.45) is 11.5 Å². The van der Waals surface area contributed by atoms with E-state index in [1.807, 2.05) is 31.2 Å². The highest BCUT2D eigenvalue weighted by Gasteiger charge is 2.21. The Labute approximate surface area is 174 Å². The van der Waals surface area contributed by atoms with E-state index in [1.165, 1.54) is 6.08 Å². The Morgan fingerprint density at radius 3 is 2.25 bits per heavy atom. The van der Waals surface area contributed by atoms with Crippen molar-refractivity contribution in [1.82, 2.24) is 0 Å². The van der Waals surface area contributed by atoms with Crippen LogP contribution in [0.25, 0.3) is 5.57 Å². The number of benzene rings is 2. The molecule has 0 spiro atoms. The van der Waals surface area contributed by atoms with Gasteiger partial charge in [-0.2, -0.15) is 0 Å². The summed E-state index contributed by atoms with van der Waals surface area (Å²) in [5.41, 5.74) is 14.8. The largest absolute Gasteiger partial charge is 0.392 e. The van der Waals surface area contributed by atoms with Gasteiger partial charge in [-0.05, 0) is 47.4 Å². The van der Waals surface area contributed by atoms with Crippen LogP contribution in [0.2, 0.25) is 10.0 Å². The predicted octanol–water partition coefficient (Wildman–Crippen LogP) is 4.62. The summed E-state index contributed by atoms with van der Waals surface area (Å²) >= 11 is 12.3. The summed E-state index contributed by atoms with van der Waals surface area (Å²) in [5, 5.41) is 10.2. The summed E-state index contributed by atoms with van der Waals surface area (Å²) in [6.07, 6.45) is 3.02. The highest BCUT2D eigenvalue weighted by Crippen LogP contribution is 2.34. The lowest BCUT2D eigenvalue weighted by Crippen LogP contribution is -2.38. The van der Waals surface area contributed by atoms with Crippen molar-refractivity contribution in [2.75, 3.05) is 11.5 Å². The first kappa shape index (κ1) is 21.6. The molecule has 2 aromatic carbocycles. The number of urea groups is 1. The van der Waals surface area contributed by atoms with Gasteiger partial charge in [0.1, 0.15) is 5.82 Å². The average Bonchev–Trinajstić information content (AvgIpc) is 2.65. The maximum absolute atomic E-state index is 12.0. The lowest BCUT2D eigenvalue weighted by Gasteiger charge is -2.22. The summed E-state index contributed by atoms with van der Waals surface area (Å²) in [7, 11) is 0. The van der Waals surface area contributed by atoms with Gasteiger partial charge in [0.2, 0.25) is 0 Å². The van der Waals surface area contributed by atoms with Gasteiger partial charge in [0.25, 0.3) is 0 Å². The molecule has 0 atom stereocenters. The van der Waals surface area contributed by atoms with Gasteiger partial charge in [-0.25, -0.2) is 9.69 Å². The number of aryl methyl sites for hydroxylation is 1. The Morgan fingerprint density at radius 1 is 1.11 bits per heavy atom. The molecule has 0 fully saturated rings. The van der Waals surface area contributed by atoms with Crippen molar-refractivity contribution in [3.8, 4) is 0 Å². The van der Waals surface area contributed by atoms with Crippen molar-refractivity contribution in [3.05, 3.63) is 93.8 Å². The van der Waals surface area contributed by atoms with E-state index in [0.29, 0.717) is 11.1 Å². The number of halogens is 2. The van der Waals surface area contributed by atoms with E-state index in [-0.39, 0.29) is 28.2 Å². The monoisotopic (exact) mass is 417 g/mol. The molecule has 0 aromatic heterocycles. The Balaban J connectivity index is 2.44. The van der Waals surface area contributed by atoms with E-state index in [1.54, 1.807) is 24.3 Å². The maximum Gasteiger partial charge on any atom is 0.325 e. The van der Waals surface area contributed by atoms with E-state index >= 15 is 0 Å². The Bertz CT molecular complexity index is 948. The zero-order valence-electron chi connectivity index (χ0n) is 15.3. The second-order valence-corrected chi connectivity index (χ2v) is 6.79. The van der Waals surface area contributed by atoms with Crippen LogP contribution in [0.15, 0.2) is 72.6 Å². The highest BCUT2D eigenvalue weighted by molar-refractivity contribution is 6.40. The average molecular weight is 418 g/mol. The van der Waals surface area contributed by atoms with Crippen LogP contribution in [0.5, 0.6) is 0 Å². The fraction of sp³-hybridized carbons (Fsp3) is 0.0952. The molecule has 0 heterocycles. The molecule has 0 aliphatic heterocycles. The van der Waals surface area contributed by atoms with Crippen LogP contribution in [-0.4, -0.2) is 17.7 Å². The molecule has 0 saturated heterocycles. The molecule has 2 rings (SSSR count). The Hall–Kier alpha value is -2.73. The fourth-order valence-corrected chi connectivity index (χ4v) is 3.23. The SMILES string of the molecule is C=C(/C(=C\C=C(/N)N(C(N)=O)c1c(Cl)cccc1Cl)CO)c1ccccc1C. The van der Waals surface area contributed by atoms with Crippen LogP contribution in [0.4, 0.5) is 10.5 Å². The second-order valence-electron chi connectivity index (χ2n) is 5.98. The first-order valence-corrected chi connectivity index (χ1v) is 9.09. The van der Waals surface area contributed by atoms with Gasteiger partial charge in [0, 0.05) is 0 Å². The quantitative estimate of drug-likeness (QED) is 0.598. The molecule has 0 unspecified atom stereocenters. The minimum absolute atomic E-state index is 0.00830. The van der Waals surface area contributed by atoms with Crippen LogP contribution in [0.1, 0.15) is 11.1 Å². The van der Waals surface area contributed by atoms with Gasteiger partial charge >= 0.3 is 6.03 Å². The number of primary amides is 1. The number of carbonyl (C=O) groups excluding carboxylic acids is 1. The first-order valence-electron chi connectivity index (χ1n) is 8.34. The molecule has 5 nitrogen and oxygen atoms in total. The molecule has 7 heteroatoms. The number of carbonyl (C=O) groups is 1. The third-order valence-electron chi connectivity index (χ3n) is 4.12. The van der Waals surface area contributed by atoms with Crippen LogP contribution in [-0.2, 0) is 0 Å². The molecule has 2 aromatic rings. The number of aliphatic hydroxyl groups is 1. The maximum atomic E-state index is 12.0. The third-order valence-corrected chi connectivity index (χ3v) is 4.73. The number of hydrogen-bond acceptors (Lipinski definition) is 3. The number of anilines is 1. The standard InChI is InChI=1S/C21H21Cl2N3O2/c1-13-6-3-4-7-16(13)14(2)15(12-27)10-11-19(24)26(21(25)28)20-17(22)8-5-9-18(20)23/h3-11,27H,2,12,24H2,1H3,(H2,25,28)/b15-10-,19-11+. The third kappa shape index (κ3) is 4.75. The molecular weight excluding hydrogens is 397 g/mol. The summed E-state index contributed by atoms with van der Waals surface area (Å²) in [6, 6.07) is 11.6. The van der Waals surface area contributed by atoms with E-state index in [2.05, 4.69) is 6.58 Å². The van der Waals surface area contributed by atoms with Crippen LogP contribution in [0.3, 0.4) is 0 Å². The number of para-hydroxylation sites is 1. The van der Waals surface area contributed by atoms with Gasteiger partial charge in [0.05, 0.1) is 22.3 Å². The molecule has 0 saturated carbocycles. The zero-order chi connectivity index (χ0) is 20.8. The first-order chi connectivity index (χ1) is 13.3. The van der Waals surface area contributed by atoms with Crippen LogP contribution >= 0.6 is 23.2 Å². The van der Waals surface area contributed by atoms with Crippen LogP contribution in [0, 0.1) is 6.92 Å². The molecule has 0 aliphatic carbocycles. The lowest BCUT2D eigenvalue weighted by molar-refractivity contribution is 0.255. The summed E-state index contributed by atoms with van der Waals surface area (Å²) < 4.78 is 0. The molecule has 0 radical (unpaired) electrons. The van der Waals surface area contributed by atoms with E-state index < -0.39 is 6.03 Å². The number of hydrogen-bond donors (Lipinski definition) is 3. The van der Waals surface area contributed by atoms with Crippen molar-refractivity contribution < 1.29 is 9.90 Å². The number of nitrogens with zero attached hydrogens (tertiary/aromatic N) is 1. The number of allylic oxidation sites excluding steroid dienone is 2. The molecule has 146 valence electrons. The van der Waals surface area contributed by atoms with Gasteiger partial charge < -0.3 is 16.6 Å². The minimum atomic E-state index is -0.847. The molecule has 28 heavy (non-hydrogen) atoms. The Kier molecular flexibility index (Phi) is 7.29. The zero-order valence-corrected chi connectivity index (χ0v) is 16.8. The molecule has 2 amide bonds.